The van der Waals surface area contributed by atoms with Gasteiger partial charge in [-0.3, -0.25) is 4.79 Å². The van der Waals surface area contributed by atoms with Crippen LogP contribution in [-0.2, 0) is 6.42 Å². The molecule has 1 atom stereocenters. The van der Waals surface area contributed by atoms with Gasteiger partial charge >= 0.3 is 0 Å². The number of nitrogens with one attached hydrogen (secondary N) is 1. The van der Waals surface area contributed by atoms with Crippen LogP contribution in [0.1, 0.15) is 40.6 Å². The van der Waals surface area contributed by atoms with E-state index in [2.05, 4.69) is 5.32 Å². The fourth-order valence-corrected chi connectivity index (χ4v) is 2.83. The van der Waals surface area contributed by atoms with E-state index in [1.165, 1.54) is 18.2 Å². The zero-order valence-electron chi connectivity index (χ0n) is 10.7. The molecule has 104 valence electrons. The van der Waals surface area contributed by atoms with Gasteiger partial charge in [0.05, 0.1) is 22.9 Å². The molecular weight excluding hydrogens is 281 g/mol. The van der Waals surface area contributed by atoms with Crippen LogP contribution >= 0.6 is 11.6 Å². The number of furan rings is 1. The number of aryl methyl sites for hydroxylation is 1. The topological polar surface area (TPSA) is 42.2 Å². The Morgan fingerprint density at radius 1 is 1.40 bits per heavy atom. The summed E-state index contributed by atoms with van der Waals surface area (Å²) in [5, 5.41) is 2.95. The molecule has 20 heavy (non-hydrogen) atoms. The lowest BCUT2D eigenvalue weighted by atomic mass is 9.93. The Morgan fingerprint density at radius 3 is 3.05 bits per heavy atom. The Hall–Kier alpha value is -1.81. The number of benzene rings is 1. The van der Waals surface area contributed by atoms with Crippen LogP contribution in [0.2, 0.25) is 5.02 Å². The van der Waals surface area contributed by atoms with Crippen LogP contribution in [0.5, 0.6) is 0 Å². The van der Waals surface area contributed by atoms with Crippen molar-refractivity contribution in [2.75, 3.05) is 0 Å². The number of amides is 1. The highest BCUT2D eigenvalue weighted by Crippen LogP contribution is 2.31. The van der Waals surface area contributed by atoms with Gasteiger partial charge in [0.1, 0.15) is 11.6 Å². The van der Waals surface area contributed by atoms with Gasteiger partial charge in [0.2, 0.25) is 0 Å². The molecule has 1 N–H and O–H groups in total. The minimum Gasteiger partial charge on any atom is -0.469 e. The maximum absolute atomic E-state index is 13.7. The third-order valence-electron chi connectivity index (χ3n) is 3.55. The Bertz CT molecular complexity index is 633. The van der Waals surface area contributed by atoms with Crippen molar-refractivity contribution >= 4 is 17.5 Å². The molecule has 0 radical (unpaired) electrons. The first kappa shape index (κ1) is 13.2. The maximum atomic E-state index is 13.7. The monoisotopic (exact) mass is 293 g/mol. The second kappa shape index (κ2) is 5.29. The molecule has 5 heteroatoms. The first-order valence-corrected chi connectivity index (χ1v) is 6.86. The average Bonchev–Trinajstić information content (AvgIpc) is 2.88. The van der Waals surface area contributed by atoms with Crippen LogP contribution in [-0.4, -0.2) is 5.91 Å². The van der Waals surface area contributed by atoms with Crippen molar-refractivity contribution in [3.63, 3.8) is 0 Å². The quantitative estimate of drug-likeness (QED) is 0.913. The van der Waals surface area contributed by atoms with Crippen molar-refractivity contribution < 1.29 is 13.6 Å². The van der Waals surface area contributed by atoms with Crippen molar-refractivity contribution in [1.29, 1.82) is 0 Å². The van der Waals surface area contributed by atoms with Crippen molar-refractivity contribution in [3.05, 3.63) is 58.3 Å². The summed E-state index contributed by atoms with van der Waals surface area (Å²) >= 11 is 5.90. The molecule has 0 bridgehead atoms. The van der Waals surface area contributed by atoms with Gasteiger partial charge in [-0.2, -0.15) is 0 Å². The predicted molar refractivity (Wildman–Crippen MR) is 73.3 cm³/mol. The third kappa shape index (κ3) is 2.31. The molecule has 3 nitrogen and oxygen atoms in total. The molecule has 0 fully saturated rings. The average molecular weight is 294 g/mol. The Morgan fingerprint density at radius 2 is 2.25 bits per heavy atom. The van der Waals surface area contributed by atoms with E-state index in [4.69, 9.17) is 16.0 Å². The van der Waals surface area contributed by atoms with Crippen LogP contribution in [0.25, 0.3) is 0 Å². The first-order chi connectivity index (χ1) is 9.66. The molecular formula is C15H13ClFNO2. The molecule has 0 spiro atoms. The lowest BCUT2D eigenvalue weighted by molar-refractivity contribution is 0.0928. The van der Waals surface area contributed by atoms with Crippen LogP contribution in [0.4, 0.5) is 4.39 Å². The Kier molecular flexibility index (Phi) is 3.49. The zero-order chi connectivity index (χ0) is 14.1. The van der Waals surface area contributed by atoms with Crippen LogP contribution < -0.4 is 5.32 Å². The Balaban J connectivity index is 1.85. The highest BCUT2D eigenvalue weighted by atomic mass is 35.5. The molecule has 1 heterocycles. The molecule has 0 unspecified atom stereocenters. The second-order valence-electron chi connectivity index (χ2n) is 4.81. The highest BCUT2D eigenvalue weighted by Gasteiger charge is 2.26. The third-order valence-corrected chi connectivity index (χ3v) is 3.86. The van der Waals surface area contributed by atoms with Crippen molar-refractivity contribution in [2.45, 2.75) is 25.3 Å². The lowest BCUT2D eigenvalue weighted by Crippen LogP contribution is -2.31. The van der Waals surface area contributed by atoms with E-state index in [1.807, 2.05) is 6.07 Å². The van der Waals surface area contributed by atoms with Gasteiger partial charge in [0, 0.05) is 12.0 Å². The summed E-state index contributed by atoms with van der Waals surface area (Å²) in [7, 11) is 0. The maximum Gasteiger partial charge on any atom is 0.256 e. The van der Waals surface area contributed by atoms with E-state index < -0.39 is 11.7 Å². The summed E-state index contributed by atoms with van der Waals surface area (Å²) < 4.78 is 19.1. The number of carbonyl (C=O) groups is 1. The van der Waals surface area contributed by atoms with E-state index in [1.54, 1.807) is 6.26 Å². The van der Waals surface area contributed by atoms with Crippen LogP contribution in [0, 0.1) is 5.82 Å². The summed E-state index contributed by atoms with van der Waals surface area (Å²) in [6.45, 7) is 0. The highest BCUT2D eigenvalue weighted by molar-refractivity contribution is 6.33. The first-order valence-electron chi connectivity index (χ1n) is 6.48. The number of hydrogen-bond donors (Lipinski definition) is 1. The Labute approximate surface area is 120 Å². The predicted octanol–water partition coefficient (Wildman–Crippen LogP) is 3.88. The second-order valence-corrected chi connectivity index (χ2v) is 5.22. The minimum absolute atomic E-state index is 0.107. The van der Waals surface area contributed by atoms with Crippen molar-refractivity contribution in [2.24, 2.45) is 0 Å². The van der Waals surface area contributed by atoms with E-state index >= 15 is 0 Å². The molecule has 0 aliphatic heterocycles. The van der Waals surface area contributed by atoms with Gasteiger partial charge in [-0.15, -0.1) is 0 Å². The van der Waals surface area contributed by atoms with Gasteiger partial charge in [0.15, 0.2) is 0 Å². The molecule has 0 saturated carbocycles. The SMILES string of the molecule is O=C(N[C@@H]1CCCc2occc21)c1c(F)cccc1Cl. The summed E-state index contributed by atoms with van der Waals surface area (Å²) in [5.74, 6) is -0.216. The lowest BCUT2D eigenvalue weighted by Gasteiger charge is -2.23. The largest absolute Gasteiger partial charge is 0.469 e. The van der Waals surface area contributed by atoms with Crippen molar-refractivity contribution in [1.82, 2.24) is 5.32 Å². The zero-order valence-corrected chi connectivity index (χ0v) is 11.4. The molecule has 1 amide bonds. The van der Waals surface area contributed by atoms with Gasteiger partial charge in [-0.1, -0.05) is 17.7 Å². The van der Waals surface area contributed by atoms with Gasteiger partial charge in [0.25, 0.3) is 5.91 Å². The summed E-state index contributed by atoms with van der Waals surface area (Å²) in [5.41, 5.74) is 0.863. The number of hydrogen-bond acceptors (Lipinski definition) is 2. The molecule has 1 aliphatic rings. The standard InChI is InChI=1S/C15H13ClFNO2/c16-10-3-1-4-11(17)14(10)15(19)18-12-5-2-6-13-9(12)7-8-20-13/h1,3-4,7-8,12H,2,5-6H2,(H,18,19)/t12-/m1/s1. The summed E-state index contributed by atoms with van der Waals surface area (Å²) in [6, 6.07) is 5.90. The van der Waals surface area contributed by atoms with E-state index in [0.29, 0.717) is 0 Å². The fraction of sp³-hybridized carbons (Fsp3) is 0.267. The molecule has 1 aromatic heterocycles. The van der Waals surface area contributed by atoms with E-state index in [-0.39, 0.29) is 16.6 Å². The van der Waals surface area contributed by atoms with Gasteiger partial charge in [-0.05, 0) is 31.0 Å². The smallest absolute Gasteiger partial charge is 0.256 e. The molecule has 2 aromatic rings. The van der Waals surface area contributed by atoms with E-state index in [9.17, 15) is 9.18 Å². The van der Waals surface area contributed by atoms with Crippen LogP contribution in [0.3, 0.4) is 0 Å². The molecule has 1 aliphatic carbocycles. The molecule has 1 aromatic carbocycles. The van der Waals surface area contributed by atoms with Gasteiger partial charge < -0.3 is 9.73 Å². The summed E-state index contributed by atoms with van der Waals surface area (Å²) in [6.07, 6.45) is 4.22. The minimum atomic E-state index is -0.613. The van der Waals surface area contributed by atoms with E-state index in [0.717, 1.165) is 30.6 Å². The fourth-order valence-electron chi connectivity index (χ4n) is 2.58. The number of halogens is 2. The number of carbonyl (C=O) groups excluding carboxylic acids is 1. The van der Waals surface area contributed by atoms with Crippen molar-refractivity contribution in [3.8, 4) is 0 Å². The van der Waals surface area contributed by atoms with Gasteiger partial charge in [-0.25, -0.2) is 4.39 Å². The molecule has 3 rings (SSSR count). The molecule has 0 saturated heterocycles. The normalized spacial score (nSPS) is 17.6. The number of rotatable bonds is 2. The number of fused-ring (bicyclic) bond motifs is 1. The summed E-state index contributed by atoms with van der Waals surface area (Å²) in [4.78, 5) is 12.2. The van der Waals surface area contributed by atoms with Crippen LogP contribution in [0.15, 0.2) is 34.9 Å².